The molecule has 1 aliphatic carbocycles. The number of benzene rings is 1. The van der Waals surface area contributed by atoms with Crippen LogP contribution in [0.4, 0.5) is 5.69 Å². The first-order valence-corrected chi connectivity index (χ1v) is 8.77. The van der Waals surface area contributed by atoms with E-state index in [4.69, 9.17) is 9.47 Å². The van der Waals surface area contributed by atoms with Gasteiger partial charge in [-0.3, -0.25) is 19.7 Å². The molecular formula is C18H24N2O6. The number of ether oxygens (including phenoxy) is 2. The van der Waals surface area contributed by atoms with E-state index in [9.17, 15) is 19.7 Å². The van der Waals surface area contributed by atoms with Gasteiger partial charge in [0.15, 0.2) is 5.75 Å². The molecule has 2 rings (SSSR count). The van der Waals surface area contributed by atoms with Crippen LogP contribution in [0.25, 0.3) is 0 Å². The minimum Gasteiger partial charge on any atom is -0.490 e. The molecule has 0 aromatic heterocycles. The molecule has 1 aliphatic rings. The number of nitrogens with zero attached hydrogens (tertiary/aromatic N) is 2. The average molecular weight is 364 g/mol. The second kappa shape index (κ2) is 9.17. The topological polar surface area (TPSA) is 99.0 Å². The summed E-state index contributed by atoms with van der Waals surface area (Å²) in [7, 11) is 1.34. The fourth-order valence-electron chi connectivity index (χ4n) is 3.24. The lowest BCUT2D eigenvalue weighted by Crippen LogP contribution is -2.40. The standard InChI is InChI=1S/C18H24N2O6/c1-3-26-17(21)10-11-19(14-6-4-5-7-14)18(22)13-8-9-16(25-2)15(12-13)20(23)24/h8-9,12,14H,3-7,10-11H2,1-2H3. The normalized spacial score (nSPS) is 14.1. The van der Waals surface area contributed by atoms with Gasteiger partial charge < -0.3 is 14.4 Å². The fourth-order valence-corrected chi connectivity index (χ4v) is 3.24. The van der Waals surface area contributed by atoms with Crippen LogP contribution in [0, 0.1) is 10.1 Å². The van der Waals surface area contributed by atoms with Gasteiger partial charge in [0, 0.05) is 24.2 Å². The van der Waals surface area contributed by atoms with Crippen molar-refractivity contribution in [1.29, 1.82) is 0 Å². The van der Waals surface area contributed by atoms with Gasteiger partial charge in [-0.15, -0.1) is 0 Å². The minimum absolute atomic E-state index is 0.0399. The van der Waals surface area contributed by atoms with Crippen molar-refractivity contribution in [2.24, 2.45) is 0 Å². The Balaban J connectivity index is 2.23. The van der Waals surface area contributed by atoms with Gasteiger partial charge >= 0.3 is 11.7 Å². The second-order valence-corrected chi connectivity index (χ2v) is 6.14. The molecule has 1 fully saturated rings. The molecule has 0 unspecified atom stereocenters. The summed E-state index contributed by atoms with van der Waals surface area (Å²) >= 11 is 0. The molecule has 8 nitrogen and oxygen atoms in total. The van der Waals surface area contributed by atoms with E-state index in [1.54, 1.807) is 11.8 Å². The minimum atomic E-state index is -0.575. The summed E-state index contributed by atoms with van der Waals surface area (Å²) in [5.74, 6) is -0.568. The zero-order chi connectivity index (χ0) is 19.1. The maximum absolute atomic E-state index is 13.0. The van der Waals surface area contributed by atoms with Crippen LogP contribution < -0.4 is 4.74 Å². The van der Waals surface area contributed by atoms with E-state index in [1.807, 2.05) is 0 Å². The van der Waals surface area contributed by atoms with Crippen molar-refractivity contribution in [3.8, 4) is 5.75 Å². The van der Waals surface area contributed by atoms with Crippen LogP contribution in [0.1, 0.15) is 49.4 Å². The highest BCUT2D eigenvalue weighted by molar-refractivity contribution is 5.95. The summed E-state index contributed by atoms with van der Waals surface area (Å²) in [6.45, 7) is 2.26. The summed E-state index contributed by atoms with van der Waals surface area (Å²) in [6, 6.07) is 4.20. The highest BCUT2D eigenvalue weighted by Crippen LogP contribution is 2.30. The number of rotatable bonds is 8. The third-order valence-electron chi connectivity index (χ3n) is 4.51. The summed E-state index contributed by atoms with van der Waals surface area (Å²) in [6.07, 6.45) is 3.89. The van der Waals surface area contributed by atoms with Crippen LogP contribution in [0.3, 0.4) is 0 Å². The largest absolute Gasteiger partial charge is 0.490 e. The molecule has 0 aliphatic heterocycles. The first kappa shape index (κ1) is 19.7. The molecule has 1 saturated carbocycles. The number of amides is 1. The molecule has 1 aromatic carbocycles. The third-order valence-corrected chi connectivity index (χ3v) is 4.51. The number of hydrogen-bond acceptors (Lipinski definition) is 6. The molecule has 26 heavy (non-hydrogen) atoms. The van der Waals surface area contributed by atoms with Gasteiger partial charge in [0.25, 0.3) is 5.91 Å². The van der Waals surface area contributed by atoms with E-state index < -0.39 is 4.92 Å². The van der Waals surface area contributed by atoms with Gasteiger partial charge in [-0.05, 0) is 31.9 Å². The van der Waals surface area contributed by atoms with Gasteiger partial charge in [-0.1, -0.05) is 12.8 Å². The Labute approximate surface area is 152 Å². The number of methoxy groups -OCH3 is 1. The summed E-state index contributed by atoms with van der Waals surface area (Å²) in [5.41, 5.74) is -0.0385. The van der Waals surface area contributed by atoms with Crippen molar-refractivity contribution in [2.45, 2.75) is 45.1 Å². The van der Waals surface area contributed by atoms with Crippen LogP contribution in [0.5, 0.6) is 5.75 Å². The quantitative estimate of drug-likeness (QED) is 0.399. The van der Waals surface area contributed by atoms with E-state index >= 15 is 0 Å². The smallest absolute Gasteiger partial charge is 0.311 e. The predicted octanol–water partition coefficient (Wildman–Crippen LogP) is 2.94. The SMILES string of the molecule is CCOC(=O)CCN(C(=O)c1ccc(OC)c([N+](=O)[O-])c1)C1CCCC1. The highest BCUT2D eigenvalue weighted by Gasteiger charge is 2.29. The third kappa shape index (κ3) is 4.71. The van der Waals surface area contributed by atoms with Crippen LogP contribution >= 0.6 is 0 Å². The maximum Gasteiger partial charge on any atom is 0.311 e. The van der Waals surface area contributed by atoms with Crippen molar-refractivity contribution in [3.63, 3.8) is 0 Å². The zero-order valence-corrected chi connectivity index (χ0v) is 15.1. The summed E-state index contributed by atoms with van der Waals surface area (Å²) in [4.78, 5) is 37.0. The number of carbonyl (C=O) groups is 2. The Kier molecular flexibility index (Phi) is 6.94. The summed E-state index contributed by atoms with van der Waals surface area (Å²) < 4.78 is 9.92. The van der Waals surface area contributed by atoms with E-state index in [0.29, 0.717) is 6.61 Å². The molecule has 142 valence electrons. The molecule has 0 bridgehead atoms. The van der Waals surface area contributed by atoms with Gasteiger partial charge in [-0.2, -0.15) is 0 Å². The molecule has 0 spiro atoms. The Morgan fingerprint density at radius 3 is 2.58 bits per heavy atom. The first-order chi connectivity index (χ1) is 12.5. The Hall–Kier alpha value is -2.64. The van der Waals surface area contributed by atoms with E-state index in [-0.39, 0.29) is 47.9 Å². The first-order valence-electron chi connectivity index (χ1n) is 8.77. The molecule has 1 amide bonds. The average Bonchev–Trinajstić information content (AvgIpc) is 3.15. The molecular weight excluding hydrogens is 340 g/mol. The van der Waals surface area contributed by atoms with Crippen molar-refractivity contribution < 1.29 is 24.0 Å². The van der Waals surface area contributed by atoms with Crippen LogP contribution in [0.2, 0.25) is 0 Å². The second-order valence-electron chi connectivity index (χ2n) is 6.14. The molecule has 0 heterocycles. The molecule has 8 heteroatoms. The van der Waals surface area contributed by atoms with Gasteiger partial charge in [0.2, 0.25) is 0 Å². The predicted molar refractivity (Wildman–Crippen MR) is 94.2 cm³/mol. The molecule has 0 N–H and O–H groups in total. The van der Waals surface area contributed by atoms with Crippen molar-refractivity contribution in [1.82, 2.24) is 4.90 Å². The van der Waals surface area contributed by atoms with E-state index in [2.05, 4.69) is 0 Å². The molecule has 0 saturated heterocycles. The highest BCUT2D eigenvalue weighted by atomic mass is 16.6. The van der Waals surface area contributed by atoms with Gasteiger partial charge in [0.1, 0.15) is 0 Å². The zero-order valence-electron chi connectivity index (χ0n) is 15.1. The van der Waals surface area contributed by atoms with Crippen LogP contribution in [-0.2, 0) is 9.53 Å². The lowest BCUT2D eigenvalue weighted by molar-refractivity contribution is -0.385. The number of carbonyl (C=O) groups excluding carboxylic acids is 2. The van der Waals surface area contributed by atoms with Gasteiger partial charge in [-0.25, -0.2) is 0 Å². The van der Waals surface area contributed by atoms with E-state index in [0.717, 1.165) is 25.7 Å². The van der Waals surface area contributed by atoms with Crippen molar-refractivity contribution >= 4 is 17.6 Å². The maximum atomic E-state index is 13.0. The van der Waals surface area contributed by atoms with Crippen molar-refractivity contribution in [2.75, 3.05) is 20.3 Å². The Morgan fingerprint density at radius 2 is 2.00 bits per heavy atom. The van der Waals surface area contributed by atoms with Crippen molar-refractivity contribution in [3.05, 3.63) is 33.9 Å². The lowest BCUT2D eigenvalue weighted by Gasteiger charge is -2.29. The van der Waals surface area contributed by atoms with Gasteiger partial charge in [0.05, 0.1) is 25.1 Å². The fraction of sp³-hybridized carbons (Fsp3) is 0.556. The molecule has 0 radical (unpaired) electrons. The lowest BCUT2D eigenvalue weighted by atomic mass is 10.1. The molecule has 1 aromatic rings. The monoisotopic (exact) mass is 364 g/mol. The van der Waals surface area contributed by atoms with E-state index in [1.165, 1.54) is 25.3 Å². The van der Waals surface area contributed by atoms with Crippen LogP contribution in [0.15, 0.2) is 18.2 Å². The summed E-state index contributed by atoms with van der Waals surface area (Å²) in [5, 5.41) is 11.2. The number of hydrogen-bond donors (Lipinski definition) is 0. The Morgan fingerprint density at radius 1 is 1.31 bits per heavy atom. The molecule has 0 atom stereocenters. The Bertz CT molecular complexity index is 670. The number of nitro benzene ring substituents is 1. The number of nitro groups is 1. The number of esters is 1. The van der Waals surface area contributed by atoms with Crippen LogP contribution in [-0.4, -0.2) is 48.0 Å².